The molecule has 8 heteroatoms. The number of carbonyl (C=O) groups is 1. The van der Waals surface area contributed by atoms with Gasteiger partial charge >= 0.3 is 5.63 Å². The molecule has 0 fully saturated rings. The topological polar surface area (TPSA) is 100 Å². The number of nitrogens with one attached hydrogen (secondary N) is 1. The summed E-state index contributed by atoms with van der Waals surface area (Å²) in [5, 5.41) is 4.50. The highest BCUT2D eigenvalue weighted by atomic mass is 16.5. The quantitative estimate of drug-likeness (QED) is 0.425. The predicted molar refractivity (Wildman–Crippen MR) is 125 cm³/mol. The lowest BCUT2D eigenvalue weighted by molar-refractivity contribution is -0.115. The van der Waals surface area contributed by atoms with Gasteiger partial charge in [-0.2, -0.15) is 0 Å². The van der Waals surface area contributed by atoms with Gasteiger partial charge in [0, 0.05) is 34.7 Å². The number of ether oxygens (including phenoxy) is 3. The smallest absolute Gasteiger partial charge is 0.340 e. The number of anilines is 1. The van der Waals surface area contributed by atoms with E-state index in [4.69, 9.17) is 23.0 Å². The van der Waals surface area contributed by atoms with Crippen molar-refractivity contribution in [2.75, 3.05) is 26.6 Å². The number of hydrogen-bond donors (Lipinski definition) is 1. The Morgan fingerprint density at radius 3 is 2.06 bits per heavy atom. The van der Waals surface area contributed by atoms with Crippen LogP contribution >= 0.6 is 0 Å². The Morgan fingerprint density at radius 2 is 1.45 bits per heavy atom. The third kappa shape index (κ3) is 3.88. The fourth-order valence-corrected chi connectivity index (χ4v) is 3.95. The SMILES string of the molecule is COc1cc(NC(=O)Cc2c(C)c3cc4c(C)c(C)oc4cc3oc2=O)cc(OC)c1OC. The van der Waals surface area contributed by atoms with Crippen molar-refractivity contribution in [2.45, 2.75) is 27.2 Å². The number of benzene rings is 2. The molecule has 0 aliphatic heterocycles. The highest BCUT2D eigenvalue weighted by Crippen LogP contribution is 2.40. The fourth-order valence-electron chi connectivity index (χ4n) is 3.95. The number of carbonyl (C=O) groups excluding carboxylic acids is 1. The zero-order chi connectivity index (χ0) is 23.9. The van der Waals surface area contributed by atoms with Crippen LogP contribution in [0.15, 0.2) is 37.9 Å². The van der Waals surface area contributed by atoms with Gasteiger partial charge in [0.2, 0.25) is 11.7 Å². The van der Waals surface area contributed by atoms with Crippen LogP contribution in [0.4, 0.5) is 5.69 Å². The molecule has 1 N–H and O–H groups in total. The van der Waals surface area contributed by atoms with Crippen LogP contribution in [0.2, 0.25) is 0 Å². The zero-order valence-corrected chi connectivity index (χ0v) is 19.4. The average molecular weight is 451 g/mol. The summed E-state index contributed by atoms with van der Waals surface area (Å²) >= 11 is 0. The van der Waals surface area contributed by atoms with Gasteiger partial charge in [-0.05, 0) is 38.0 Å². The van der Waals surface area contributed by atoms with E-state index >= 15 is 0 Å². The highest BCUT2D eigenvalue weighted by Gasteiger charge is 2.19. The molecule has 0 aliphatic rings. The maximum atomic E-state index is 12.8. The number of fused-ring (bicyclic) bond motifs is 2. The minimum Gasteiger partial charge on any atom is -0.493 e. The summed E-state index contributed by atoms with van der Waals surface area (Å²) in [5.74, 6) is 1.66. The summed E-state index contributed by atoms with van der Waals surface area (Å²) in [6, 6.07) is 6.90. The van der Waals surface area contributed by atoms with Gasteiger partial charge in [-0.1, -0.05) is 0 Å². The molecule has 0 atom stereocenters. The van der Waals surface area contributed by atoms with Crippen molar-refractivity contribution in [1.29, 1.82) is 0 Å². The second-order valence-corrected chi connectivity index (χ2v) is 7.76. The van der Waals surface area contributed by atoms with Crippen molar-refractivity contribution in [3.8, 4) is 17.2 Å². The maximum absolute atomic E-state index is 12.8. The van der Waals surface area contributed by atoms with Crippen LogP contribution in [0.3, 0.4) is 0 Å². The largest absolute Gasteiger partial charge is 0.493 e. The van der Waals surface area contributed by atoms with E-state index in [0.717, 1.165) is 22.1 Å². The summed E-state index contributed by atoms with van der Waals surface area (Å²) in [6.45, 7) is 5.69. The van der Waals surface area contributed by atoms with Crippen LogP contribution in [0, 0.1) is 20.8 Å². The van der Waals surface area contributed by atoms with Gasteiger partial charge in [0.15, 0.2) is 11.5 Å². The summed E-state index contributed by atoms with van der Waals surface area (Å²) in [7, 11) is 4.49. The number of hydrogen-bond acceptors (Lipinski definition) is 7. The third-order valence-corrected chi connectivity index (χ3v) is 5.87. The van der Waals surface area contributed by atoms with Crippen molar-refractivity contribution >= 4 is 33.5 Å². The molecular weight excluding hydrogens is 426 g/mol. The molecule has 4 rings (SSSR count). The van der Waals surface area contributed by atoms with Crippen LogP contribution in [0.25, 0.3) is 21.9 Å². The fraction of sp³-hybridized carbons (Fsp3) is 0.280. The Balaban J connectivity index is 1.69. The van der Waals surface area contributed by atoms with Crippen molar-refractivity contribution in [2.24, 2.45) is 0 Å². The highest BCUT2D eigenvalue weighted by molar-refractivity contribution is 5.98. The molecule has 0 spiro atoms. The summed E-state index contributed by atoms with van der Waals surface area (Å²) in [4.78, 5) is 25.5. The minimum absolute atomic E-state index is 0.151. The standard InChI is InChI=1S/C25H25NO7/c1-12-14(3)32-19-11-20-17(9-16(12)19)13(2)18(25(28)33-20)10-23(27)26-15-7-21(29-4)24(31-6)22(8-15)30-5/h7-9,11H,10H2,1-6H3,(H,26,27). The van der Waals surface area contributed by atoms with Crippen molar-refractivity contribution in [3.63, 3.8) is 0 Å². The van der Waals surface area contributed by atoms with E-state index in [-0.39, 0.29) is 12.3 Å². The summed E-state index contributed by atoms with van der Waals surface area (Å²) in [5.41, 5.74) is 2.99. The first-order valence-electron chi connectivity index (χ1n) is 10.3. The van der Waals surface area contributed by atoms with Gasteiger partial charge in [0.1, 0.15) is 16.9 Å². The molecule has 2 heterocycles. The van der Waals surface area contributed by atoms with Gasteiger partial charge in [0.05, 0.1) is 33.3 Å². The minimum atomic E-state index is -0.556. The van der Waals surface area contributed by atoms with Crippen molar-refractivity contribution in [3.05, 3.63) is 57.1 Å². The zero-order valence-electron chi connectivity index (χ0n) is 19.4. The molecule has 2 aromatic carbocycles. The first-order chi connectivity index (χ1) is 15.8. The molecule has 33 heavy (non-hydrogen) atoms. The lowest BCUT2D eigenvalue weighted by atomic mass is 10.0. The Morgan fingerprint density at radius 1 is 0.848 bits per heavy atom. The summed E-state index contributed by atoms with van der Waals surface area (Å²) in [6.07, 6.45) is -0.151. The number of aryl methyl sites for hydroxylation is 3. The van der Waals surface area contributed by atoms with Crippen LogP contribution < -0.4 is 25.2 Å². The number of furan rings is 1. The predicted octanol–water partition coefficient (Wildman–Crippen LogP) is 4.67. The first-order valence-corrected chi connectivity index (χ1v) is 10.3. The van der Waals surface area contributed by atoms with E-state index in [1.807, 2.05) is 26.8 Å². The van der Waals surface area contributed by atoms with E-state index < -0.39 is 5.63 Å². The third-order valence-electron chi connectivity index (χ3n) is 5.87. The van der Waals surface area contributed by atoms with Crippen LogP contribution in [0.1, 0.15) is 22.5 Å². The molecule has 0 bridgehead atoms. The van der Waals surface area contributed by atoms with Crippen LogP contribution in [-0.4, -0.2) is 27.2 Å². The maximum Gasteiger partial charge on any atom is 0.340 e. The van der Waals surface area contributed by atoms with Crippen LogP contribution in [0.5, 0.6) is 17.2 Å². The lowest BCUT2D eigenvalue weighted by Crippen LogP contribution is -2.20. The molecule has 0 unspecified atom stereocenters. The molecule has 0 radical (unpaired) electrons. The van der Waals surface area contributed by atoms with Gasteiger partial charge in [-0.25, -0.2) is 4.79 Å². The van der Waals surface area contributed by atoms with Gasteiger partial charge in [0.25, 0.3) is 0 Å². The number of rotatable bonds is 6. The molecule has 2 aromatic heterocycles. The van der Waals surface area contributed by atoms with E-state index in [1.165, 1.54) is 21.3 Å². The van der Waals surface area contributed by atoms with Gasteiger partial charge in [-0.15, -0.1) is 0 Å². The van der Waals surface area contributed by atoms with Crippen molar-refractivity contribution in [1.82, 2.24) is 0 Å². The lowest BCUT2D eigenvalue weighted by Gasteiger charge is -2.15. The van der Waals surface area contributed by atoms with Gasteiger partial charge in [-0.3, -0.25) is 4.79 Å². The Bertz CT molecular complexity index is 1420. The molecule has 0 saturated carbocycles. The Hall–Kier alpha value is -3.94. The molecule has 0 saturated heterocycles. The molecule has 1 amide bonds. The Kier molecular flexibility index (Phi) is 5.76. The Labute approximate surface area is 190 Å². The van der Waals surface area contributed by atoms with E-state index in [1.54, 1.807) is 18.2 Å². The van der Waals surface area contributed by atoms with E-state index in [0.29, 0.717) is 45.2 Å². The van der Waals surface area contributed by atoms with E-state index in [9.17, 15) is 9.59 Å². The van der Waals surface area contributed by atoms with Gasteiger partial charge < -0.3 is 28.4 Å². The molecule has 8 nitrogen and oxygen atoms in total. The van der Waals surface area contributed by atoms with Crippen LogP contribution in [-0.2, 0) is 11.2 Å². The molecule has 172 valence electrons. The molecule has 0 aliphatic carbocycles. The molecular formula is C25H25NO7. The monoisotopic (exact) mass is 451 g/mol. The number of methoxy groups -OCH3 is 3. The second kappa shape index (κ2) is 8.54. The van der Waals surface area contributed by atoms with Crippen molar-refractivity contribution < 1.29 is 27.8 Å². The normalized spacial score (nSPS) is 11.1. The molecule has 4 aromatic rings. The summed E-state index contributed by atoms with van der Waals surface area (Å²) < 4.78 is 27.2. The first kappa shape index (κ1) is 22.3. The second-order valence-electron chi connectivity index (χ2n) is 7.76. The van der Waals surface area contributed by atoms with E-state index in [2.05, 4.69) is 5.32 Å². The average Bonchev–Trinajstić information content (AvgIpc) is 3.07. The number of amides is 1.